The lowest BCUT2D eigenvalue weighted by molar-refractivity contribution is -0.133. The van der Waals surface area contributed by atoms with Crippen LogP contribution in [0.25, 0.3) is 0 Å². The Bertz CT molecular complexity index is 229. The average Bonchev–Trinajstić information content (AvgIpc) is 2.36. The molecule has 0 heterocycles. The van der Waals surface area contributed by atoms with Crippen LogP contribution in [0.3, 0.4) is 0 Å². The third-order valence-corrected chi connectivity index (χ3v) is 3.68. The average molecular weight is 279 g/mol. The number of methoxy groups -OCH3 is 1. The predicted octanol–water partition coefficient (Wildman–Crippen LogP) is 1.81. The van der Waals surface area contributed by atoms with Gasteiger partial charge in [-0.1, -0.05) is 19.3 Å². The standard InChI is InChI=1S/C13H26N2O2.ClH/c1-15(10-11-6-4-3-5-7-11)13(16)8-12(9-14)17-2;/h11-12H,3-10,14H2,1-2H3;1H. The molecule has 5 heteroatoms. The van der Waals surface area contributed by atoms with Crippen molar-refractivity contribution in [2.24, 2.45) is 11.7 Å². The Hall–Kier alpha value is -0.320. The smallest absolute Gasteiger partial charge is 0.224 e. The number of carbonyl (C=O) groups excluding carboxylic acids is 1. The number of nitrogens with two attached hydrogens (primary N) is 1. The van der Waals surface area contributed by atoms with Crippen molar-refractivity contribution in [2.75, 3.05) is 27.2 Å². The zero-order chi connectivity index (χ0) is 12.7. The van der Waals surface area contributed by atoms with Gasteiger partial charge in [0.1, 0.15) is 0 Å². The van der Waals surface area contributed by atoms with E-state index in [0.29, 0.717) is 18.9 Å². The highest BCUT2D eigenvalue weighted by Gasteiger charge is 2.20. The van der Waals surface area contributed by atoms with Crippen LogP contribution in [0.1, 0.15) is 38.5 Å². The second-order valence-electron chi connectivity index (χ2n) is 5.08. The summed E-state index contributed by atoms with van der Waals surface area (Å²) < 4.78 is 5.14. The van der Waals surface area contributed by atoms with Gasteiger partial charge in [-0.3, -0.25) is 4.79 Å². The number of rotatable bonds is 6. The van der Waals surface area contributed by atoms with Crippen molar-refractivity contribution in [3.63, 3.8) is 0 Å². The number of amides is 1. The van der Waals surface area contributed by atoms with E-state index in [0.717, 1.165) is 6.54 Å². The van der Waals surface area contributed by atoms with E-state index in [4.69, 9.17) is 10.5 Å². The van der Waals surface area contributed by atoms with Gasteiger partial charge in [0.2, 0.25) is 5.91 Å². The Morgan fingerprint density at radius 3 is 2.50 bits per heavy atom. The first-order chi connectivity index (χ1) is 8.17. The molecule has 0 radical (unpaired) electrons. The lowest BCUT2D eigenvalue weighted by atomic mass is 9.89. The van der Waals surface area contributed by atoms with Crippen molar-refractivity contribution in [2.45, 2.75) is 44.6 Å². The number of nitrogens with zero attached hydrogens (tertiary/aromatic N) is 1. The van der Waals surface area contributed by atoms with Crippen LogP contribution in [0.4, 0.5) is 0 Å². The van der Waals surface area contributed by atoms with Crippen molar-refractivity contribution in [3.05, 3.63) is 0 Å². The van der Waals surface area contributed by atoms with Crippen molar-refractivity contribution in [1.82, 2.24) is 4.90 Å². The van der Waals surface area contributed by atoms with Gasteiger partial charge in [-0.15, -0.1) is 12.4 Å². The summed E-state index contributed by atoms with van der Waals surface area (Å²) >= 11 is 0. The Morgan fingerprint density at radius 1 is 1.39 bits per heavy atom. The number of halogens is 1. The molecule has 108 valence electrons. The molecular formula is C13H27ClN2O2. The van der Waals surface area contributed by atoms with Crippen LogP contribution in [-0.4, -0.2) is 44.2 Å². The summed E-state index contributed by atoms with van der Waals surface area (Å²) in [6.45, 7) is 1.29. The van der Waals surface area contributed by atoms with Gasteiger partial charge in [0, 0.05) is 27.2 Å². The van der Waals surface area contributed by atoms with Gasteiger partial charge >= 0.3 is 0 Å². The molecule has 1 saturated carbocycles. The van der Waals surface area contributed by atoms with Crippen molar-refractivity contribution >= 4 is 18.3 Å². The molecule has 0 saturated heterocycles. The van der Waals surface area contributed by atoms with E-state index in [1.807, 2.05) is 11.9 Å². The quantitative estimate of drug-likeness (QED) is 0.806. The molecule has 1 rings (SSSR count). The second-order valence-corrected chi connectivity index (χ2v) is 5.08. The molecule has 1 amide bonds. The zero-order valence-corrected chi connectivity index (χ0v) is 12.4. The molecule has 18 heavy (non-hydrogen) atoms. The van der Waals surface area contributed by atoms with Crippen LogP contribution >= 0.6 is 12.4 Å². The molecule has 0 bridgehead atoms. The highest BCUT2D eigenvalue weighted by Crippen LogP contribution is 2.24. The molecule has 1 unspecified atom stereocenters. The lowest BCUT2D eigenvalue weighted by Crippen LogP contribution is -2.36. The number of hydrogen-bond acceptors (Lipinski definition) is 3. The topological polar surface area (TPSA) is 55.6 Å². The number of ether oxygens (including phenoxy) is 1. The maximum absolute atomic E-state index is 11.9. The van der Waals surface area contributed by atoms with Gasteiger partial charge in [0.15, 0.2) is 0 Å². The maximum Gasteiger partial charge on any atom is 0.224 e. The fourth-order valence-corrected chi connectivity index (χ4v) is 2.47. The third-order valence-electron chi connectivity index (χ3n) is 3.68. The molecule has 1 aliphatic rings. The fourth-order valence-electron chi connectivity index (χ4n) is 2.47. The van der Waals surface area contributed by atoms with Crippen molar-refractivity contribution in [3.8, 4) is 0 Å². The first kappa shape index (κ1) is 17.7. The SMILES string of the molecule is COC(CN)CC(=O)N(C)CC1CCCCC1.Cl. The van der Waals surface area contributed by atoms with E-state index >= 15 is 0 Å². The Balaban J connectivity index is 0.00000289. The van der Waals surface area contributed by atoms with Gasteiger partial charge in [-0.05, 0) is 18.8 Å². The highest BCUT2D eigenvalue weighted by molar-refractivity contribution is 5.85. The van der Waals surface area contributed by atoms with Gasteiger partial charge in [0.25, 0.3) is 0 Å². The normalized spacial score (nSPS) is 17.9. The summed E-state index contributed by atoms with van der Waals surface area (Å²) in [6.07, 6.45) is 6.77. The summed E-state index contributed by atoms with van der Waals surface area (Å²) in [5, 5.41) is 0. The van der Waals surface area contributed by atoms with E-state index in [1.54, 1.807) is 7.11 Å². The van der Waals surface area contributed by atoms with Gasteiger partial charge in [-0.2, -0.15) is 0 Å². The first-order valence-corrected chi connectivity index (χ1v) is 6.64. The summed E-state index contributed by atoms with van der Waals surface area (Å²) in [4.78, 5) is 13.8. The third kappa shape index (κ3) is 6.03. The molecule has 1 aliphatic carbocycles. The van der Waals surface area contributed by atoms with Gasteiger partial charge < -0.3 is 15.4 Å². The summed E-state index contributed by atoms with van der Waals surface area (Å²) in [6, 6.07) is 0. The minimum absolute atomic E-state index is 0. The van der Waals surface area contributed by atoms with Crippen LogP contribution in [0.5, 0.6) is 0 Å². The second kappa shape index (κ2) is 9.59. The largest absolute Gasteiger partial charge is 0.380 e. The first-order valence-electron chi connectivity index (χ1n) is 6.64. The minimum atomic E-state index is -0.142. The molecule has 1 atom stereocenters. The monoisotopic (exact) mass is 278 g/mol. The number of carbonyl (C=O) groups is 1. The Kier molecular flexibility index (Phi) is 9.42. The van der Waals surface area contributed by atoms with Crippen molar-refractivity contribution < 1.29 is 9.53 Å². The van der Waals surface area contributed by atoms with Gasteiger partial charge in [-0.25, -0.2) is 0 Å². The lowest BCUT2D eigenvalue weighted by Gasteiger charge is -2.27. The van der Waals surface area contributed by atoms with Crippen LogP contribution in [0.15, 0.2) is 0 Å². The Morgan fingerprint density at radius 2 is 2.00 bits per heavy atom. The maximum atomic E-state index is 11.9. The van der Waals surface area contributed by atoms with E-state index in [9.17, 15) is 4.79 Å². The molecule has 0 spiro atoms. The molecule has 0 aromatic carbocycles. The predicted molar refractivity (Wildman–Crippen MR) is 75.9 cm³/mol. The zero-order valence-electron chi connectivity index (χ0n) is 11.6. The molecule has 0 aromatic heterocycles. The minimum Gasteiger partial charge on any atom is -0.380 e. The summed E-state index contributed by atoms with van der Waals surface area (Å²) in [5.74, 6) is 0.837. The van der Waals surface area contributed by atoms with E-state index in [1.165, 1.54) is 32.1 Å². The summed E-state index contributed by atoms with van der Waals surface area (Å²) in [5.41, 5.74) is 5.52. The van der Waals surface area contributed by atoms with E-state index < -0.39 is 0 Å². The van der Waals surface area contributed by atoms with Crippen molar-refractivity contribution in [1.29, 1.82) is 0 Å². The number of hydrogen-bond donors (Lipinski definition) is 1. The van der Waals surface area contributed by atoms with Crippen LogP contribution in [-0.2, 0) is 9.53 Å². The highest BCUT2D eigenvalue weighted by atomic mass is 35.5. The Labute approximate surface area is 117 Å². The van der Waals surface area contributed by atoms with Crippen LogP contribution in [0, 0.1) is 5.92 Å². The van der Waals surface area contributed by atoms with Gasteiger partial charge in [0.05, 0.1) is 12.5 Å². The molecule has 2 N–H and O–H groups in total. The summed E-state index contributed by atoms with van der Waals surface area (Å²) in [7, 11) is 3.49. The fraction of sp³-hybridized carbons (Fsp3) is 0.923. The van der Waals surface area contributed by atoms with E-state index in [2.05, 4.69) is 0 Å². The molecule has 4 nitrogen and oxygen atoms in total. The molecule has 1 fully saturated rings. The molecule has 0 aliphatic heterocycles. The molecule has 0 aromatic rings. The van der Waals surface area contributed by atoms with E-state index in [-0.39, 0.29) is 24.4 Å². The molecular weight excluding hydrogens is 252 g/mol. The van der Waals surface area contributed by atoms with Crippen LogP contribution in [0.2, 0.25) is 0 Å². The van der Waals surface area contributed by atoms with Crippen LogP contribution < -0.4 is 5.73 Å².